The van der Waals surface area contributed by atoms with Gasteiger partial charge < -0.3 is 9.84 Å². The Kier molecular flexibility index (Phi) is 4.08. The molecule has 0 amide bonds. The van der Waals surface area contributed by atoms with Crippen LogP contribution in [0.3, 0.4) is 0 Å². The Hall–Kier alpha value is -0.860. The molecule has 1 fully saturated rings. The van der Waals surface area contributed by atoms with Crippen molar-refractivity contribution < 1.29 is 9.84 Å². The zero-order valence-corrected chi connectivity index (χ0v) is 11.7. The van der Waals surface area contributed by atoms with Gasteiger partial charge in [-0.1, -0.05) is 36.6 Å². The Bertz CT molecular complexity index is 406. The fourth-order valence-electron chi connectivity index (χ4n) is 3.10. The molecule has 1 aromatic rings. The zero-order chi connectivity index (χ0) is 13.2. The van der Waals surface area contributed by atoms with Crippen LogP contribution < -0.4 is 0 Å². The standard InChI is InChI=1S/C16H24O2/c1-4-18-16(9-5-6-10-16)15(17)14-11-12(2)7-8-13(14)3/h7-8,11,15,17H,4-6,9-10H2,1-3H3. The van der Waals surface area contributed by atoms with Gasteiger partial charge in [0, 0.05) is 6.61 Å². The SMILES string of the molecule is CCOC1(C(O)c2cc(C)ccc2C)CCCC1. The van der Waals surface area contributed by atoms with E-state index in [1.807, 2.05) is 6.92 Å². The van der Waals surface area contributed by atoms with Gasteiger partial charge in [0.2, 0.25) is 0 Å². The predicted molar refractivity (Wildman–Crippen MR) is 73.7 cm³/mol. The molecule has 1 atom stereocenters. The molecule has 1 unspecified atom stereocenters. The molecular weight excluding hydrogens is 224 g/mol. The molecule has 0 heterocycles. The molecule has 1 aliphatic carbocycles. The normalized spacial score (nSPS) is 20.0. The lowest BCUT2D eigenvalue weighted by molar-refractivity contribution is -0.118. The van der Waals surface area contributed by atoms with Gasteiger partial charge in [-0.05, 0) is 44.7 Å². The first kappa shape index (κ1) is 13.6. The number of aryl methyl sites for hydroxylation is 2. The molecular formula is C16H24O2. The lowest BCUT2D eigenvalue weighted by Gasteiger charge is -2.35. The van der Waals surface area contributed by atoms with Gasteiger partial charge in [-0.2, -0.15) is 0 Å². The maximum Gasteiger partial charge on any atom is 0.108 e. The van der Waals surface area contributed by atoms with E-state index in [1.54, 1.807) is 0 Å². The van der Waals surface area contributed by atoms with E-state index < -0.39 is 6.10 Å². The van der Waals surface area contributed by atoms with Gasteiger partial charge in [0.05, 0.1) is 5.60 Å². The Morgan fingerprint density at radius 1 is 1.28 bits per heavy atom. The number of benzene rings is 1. The molecule has 1 aliphatic rings. The van der Waals surface area contributed by atoms with Gasteiger partial charge in [0.15, 0.2) is 0 Å². The van der Waals surface area contributed by atoms with Crippen LogP contribution in [-0.4, -0.2) is 17.3 Å². The first-order valence-corrected chi connectivity index (χ1v) is 6.98. The Labute approximate surface area is 110 Å². The fourth-order valence-corrected chi connectivity index (χ4v) is 3.10. The summed E-state index contributed by atoms with van der Waals surface area (Å²) in [4.78, 5) is 0. The summed E-state index contributed by atoms with van der Waals surface area (Å²) in [6, 6.07) is 6.27. The van der Waals surface area contributed by atoms with E-state index in [4.69, 9.17) is 4.74 Å². The van der Waals surface area contributed by atoms with Crippen molar-refractivity contribution in [3.05, 3.63) is 34.9 Å². The van der Waals surface area contributed by atoms with Crippen LogP contribution in [0.1, 0.15) is 55.4 Å². The van der Waals surface area contributed by atoms with Crippen LogP contribution >= 0.6 is 0 Å². The summed E-state index contributed by atoms with van der Waals surface area (Å²) in [6.07, 6.45) is 3.74. The molecule has 0 radical (unpaired) electrons. The van der Waals surface area contributed by atoms with Crippen LogP contribution in [0, 0.1) is 13.8 Å². The smallest absolute Gasteiger partial charge is 0.108 e. The van der Waals surface area contributed by atoms with Crippen molar-refractivity contribution in [1.82, 2.24) is 0 Å². The maximum absolute atomic E-state index is 10.8. The second-order valence-corrected chi connectivity index (χ2v) is 5.47. The molecule has 2 rings (SSSR count). The minimum Gasteiger partial charge on any atom is -0.385 e. The Morgan fingerprint density at radius 2 is 1.94 bits per heavy atom. The Balaban J connectivity index is 2.33. The van der Waals surface area contributed by atoms with Crippen molar-refractivity contribution in [3.8, 4) is 0 Å². The van der Waals surface area contributed by atoms with Crippen LogP contribution in [-0.2, 0) is 4.74 Å². The van der Waals surface area contributed by atoms with Crippen LogP contribution in [0.2, 0.25) is 0 Å². The van der Waals surface area contributed by atoms with Crippen molar-refractivity contribution in [1.29, 1.82) is 0 Å². The molecule has 0 aromatic heterocycles. The number of hydrogen-bond acceptors (Lipinski definition) is 2. The monoisotopic (exact) mass is 248 g/mol. The number of rotatable bonds is 4. The van der Waals surface area contributed by atoms with Crippen molar-refractivity contribution in [3.63, 3.8) is 0 Å². The fraction of sp³-hybridized carbons (Fsp3) is 0.625. The van der Waals surface area contributed by atoms with Gasteiger partial charge >= 0.3 is 0 Å². The highest BCUT2D eigenvalue weighted by Gasteiger charge is 2.42. The van der Waals surface area contributed by atoms with E-state index in [2.05, 4.69) is 32.0 Å². The largest absolute Gasteiger partial charge is 0.385 e. The third-order valence-electron chi connectivity index (χ3n) is 4.11. The summed E-state index contributed by atoms with van der Waals surface area (Å²) in [7, 11) is 0. The summed E-state index contributed by atoms with van der Waals surface area (Å²) < 4.78 is 5.95. The van der Waals surface area contributed by atoms with Crippen LogP contribution in [0.4, 0.5) is 0 Å². The van der Waals surface area contributed by atoms with Crippen molar-refractivity contribution >= 4 is 0 Å². The molecule has 100 valence electrons. The summed E-state index contributed by atoms with van der Waals surface area (Å²) in [6.45, 7) is 6.81. The summed E-state index contributed by atoms with van der Waals surface area (Å²) in [5, 5.41) is 10.8. The Morgan fingerprint density at radius 3 is 2.56 bits per heavy atom. The third kappa shape index (κ3) is 2.45. The first-order chi connectivity index (χ1) is 8.59. The minimum atomic E-state index is -0.500. The third-order valence-corrected chi connectivity index (χ3v) is 4.11. The second kappa shape index (κ2) is 5.41. The number of hydrogen-bond donors (Lipinski definition) is 1. The van der Waals surface area contributed by atoms with Crippen LogP contribution in [0.25, 0.3) is 0 Å². The zero-order valence-electron chi connectivity index (χ0n) is 11.7. The van der Waals surface area contributed by atoms with E-state index in [-0.39, 0.29) is 5.60 Å². The molecule has 0 aliphatic heterocycles. The highest BCUT2D eigenvalue weighted by atomic mass is 16.5. The highest BCUT2D eigenvalue weighted by molar-refractivity contribution is 5.34. The topological polar surface area (TPSA) is 29.5 Å². The van der Waals surface area contributed by atoms with Crippen LogP contribution in [0.15, 0.2) is 18.2 Å². The lowest BCUT2D eigenvalue weighted by atomic mass is 9.86. The predicted octanol–water partition coefficient (Wildman–Crippen LogP) is 3.69. The molecule has 0 saturated heterocycles. The average Bonchev–Trinajstić information content (AvgIpc) is 2.82. The van der Waals surface area contributed by atoms with E-state index in [1.165, 1.54) is 5.56 Å². The number of aliphatic hydroxyl groups is 1. The molecule has 1 saturated carbocycles. The van der Waals surface area contributed by atoms with Gasteiger partial charge in [-0.3, -0.25) is 0 Å². The van der Waals surface area contributed by atoms with E-state index in [0.717, 1.165) is 36.8 Å². The summed E-state index contributed by atoms with van der Waals surface area (Å²) >= 11 is 0. The van der Waals surface area contributed by atoms with Crippen LogP contribution in [0.5, 0.6) is 0 Å². The molecule has 18 heavy (non-hydrogen) atoms. The quantitative estimate of drug-likeness (QED) is 0.880. The van der Waals surface area contributed by atoms with Gasteiger partial charge in [0.1, 0.15) is 6.10 Å². The molecule has 0 spiro atoms. The molecule has 1 N–H and O–H groups in total. The summed E-state index contributed by atoms with van der Waals surface area (Å²) in [5.41, 5.74) is 3.02. The summed E-state index contributed by atoms with van der Waals surface area (Å²) in [5.74, 6) is 0. The minimum absolute atomic E-state index is 0.354. The lowest BCUT2D eigenvalue weighted by Crippen LogP contribution is -2.37. The van der Waals surface area contributed by atoms with Crippen molar-refractivity contribution in [2.24, 2.45) is 0 Å². The second-order valence-electron chi connectivity index (χ2n) is 5.47. The molecule has 1 aromatic carbocycles. The van der Waals surface area contributed by atoms with E-state index in [9.17, 15) is 5.11 Å². The average molecular weight is 248 g/mol. The van der Waals surface area contributed by atoms with Crippen molar-refractivity contribution in [2.75, 3.05) is 6.61 Å². The molecule has 0 bridgehead atoms. The van der Waals surface area contributed by atoms with E-state index in [0.29, 0.717) is 6.61 Å². The first-order valence-electron chi connectivity index (χ1n) is 6.98. The maximum atomic E-state index is 10.8. The van der Waals surface area contributed by atoms with Gasteiger partial charge in [-0.25, -0.2) is 0 Å². The van der Waals surface area contributed by atoms with Gasteiger partial charge in [0.25, 0.3) is 0 Å². The molecule has 2 heteroatoms. The highest BCUT2D eigenvalue weighted by Crippen LogP contribution is 2.43. The number of aliphatic hydroxyl groups excluding tert-OH is 1. The van der Waals surface area contributed by atoms with Crippen molar-refractivity contribution in [2.45, 2.75) is 58.2 Å². The number of ether oxygens (including phenoxy) is 1. The van der Waals surface area contributed by atoms with Gasteiger partial charge in [-0.15, -0.1) is 0 Å². The molecule has 2 nitrogen and oxygen atoms in total. The van der Waals surface area contributed by atoms with E-state index >= 15 is 0 Å².